The van der Waals surface area contributed by atoms with E-state index in [4.69, 9.17) is 23.9 Å². The molecule has 2 aromatic heterocycles. The SMILES string of the molecule is [C-]#[N+]c1c(Cl)cccc1-c1c(-c2ccc3c(=O)[nH]nc([C@H](C)N)c3c2)cnn1C. The fourth-order valence-corrected chi connectivity index (χ4v) is 3.71. The van der Waals surface area contributed by atoms with Crippen LogP contribution in [0.15, 0.2) is 47.4 Å². The number of nitrogens with two attached hydrogens (primary N) is 1. The summed E-state index contributed by atoms with van der Waals surface area (Å²) in [5, 5.41) is 12.6. The minimum absolute atomic E-state index is 0.271. The standard InChI is InChI=1S/C21H17ClN6O/c1-11(23)18-15-9-12(7-8-13(15)21(29)27-26-18)16-10-25-28(3)20(16)14-5-4-6-17(22)19(14)24-2/h4-11H,23H2,1,3H3,(H,27,29)/t11-/m0/s1. The van der Waals surface area contributed by atoms with Gasteiger partial charge in [-0.1, -0.05) is 35.9 Å². The van der Waals surface area contributed by atoms with Crippen molar-refractivity contribution in [1.29, 1.82) is 0 Å². The molecule has 0 saturated heterocycles. The topological polar surface area (TPSA) is 93.9 Å². The highest BCUT2D eigenvalue weighted by atomic mass is 35.5. The Bertz CT molecular complexity index is 1350. The van der Waals surface area contributed by atoms with Crippen molar-refractivity contribution in [3.05, 3.63) is 75.1 Å². The molecule has 0 aliphatic rings. The maximum Gasteiger partial charge on any atom is 0.272 e. The smallest absolute Gasteiger partial charge is 0.272 e. The van der Waals surface area contributed by atoms with Gasteiger partial charge in [0.2, 0.25) is 5.69 Å². The molecular weight excluding hydrogens is 388 g/mol. The molecule has 4 aromatic rings. The fourth-order valence-electron chi connectivity index (χ4n) is 3.49. The second-order valence-corrected chi connectivity index (χ2v) is 7.17. The lowest BCUT2D eigenvalue weighted by Crippen LogP contribution is -2.16. The molecule has 8 heteroatoms. The van der Waals surface area contributed by atoms with Crippen molar-refractivity contribution in [3.63, 3.8) is 0 Å². The van der Waals surface area contributed by atoms with Crippen LogP contribution in [0.1, 0.15) is 18.7 Å². The molecule has 0 saturated carbocycles. The lowest BCUT2D eigenvalue weighted by molar-refractivity contribution is 0.759. The molecule has 144 valence electrons. The highest BCUT2D eigenvalue weighted by Gasteiger charge is 2.19. The van der Waals surface area contributed by atoms with E-state index in [1.165, 1.54) is 0 Å². The summed E-state index contributed by atoms with van der Waals surface area (Å²) in [5.41, 5.74) is 9.87. The minimum Gasteiger partial charge on any atom is -0.323 e. The summed E-state index contributed by atoms with van der Waals surface area (Å²) in [4.78, 5) is 15.8. The van der Waals surface area contributed by atoms with Crippen molar-refractivity contribution in [2.24, 2.45) is 12.8 Å². The summed E-state index contributed by atoms with van der Waals surface area (Å²) in [6, 6.07) is 10.5. The quantitative estimate of drug-likeness (QED) is 0.500. The van der Waals surface area contributed by atoms with Crippen LogP contribution in [0.2, 0.25) is 5.02 Å². The Balaban J connectivity index is 2.00. The molecule has 7 nitrogen and oxygen atoms in total. The fraction of sp³-hybridized carbons (Fsp3) is 0.143. The summed E-state index contributed by atoms with van der Waals surface area (Å²) in [6.45, 7) is 9.35. The van der Waals surface area contributed by atoms with Crippen molar-refractivity contribution in [2.45, 2.75) is 13.0 Å². The minimum atomic E-state index is -0.348. The van der Waals surface area contributed by atoms with Crippen molar-refractivity contribution in [2.75, 3.05) is 0 Å². The van der Waals surface area contributed by atoms with Crippen LogP contribution in [0.25, 0.3) is 38.0 Å². The highest BCUT2D eigenvalue weighted by Crippen LogP contribution is 2.41. The molecule has 0 fully saturated rings. The number of aromatic amines is 1. The molecule has 0 spiro atoms. The largest absolute Gasteiger partial charge is 0.323 e. The lowest BCUT2D eigenvalue weighted by Gasteiger charge is -2.12. The average molecular weight is 405 g/mol. The summed E-state index contributed by atoms with van der Waals surface area (Å²) >= 11 is 6.24. The van der Waals surface area contributed by atoms with Gasteiger partial charge in [-0.15, -0.1) is 0 Å². The van der Waals surface area contributed by atoms with Gasteiger partial charge in [-0.05, 0) is 24.6 Å². The molecule has 0 bridgehead atoms. The Labute approximate surface area is 171 Å². The van der Waals surface area contributed by atoms with Crippen molar-refractivity contribution in [3.8, 4) is 22.4 Å². The van der Waals surface area contributed by atoms with Gasteiger partial charge < -0.3 is 5.73 Å². The molecular formula is C21H17ClN6O. The molecule has 1 atom stereocenters. The number of aryl methyl sites for hydroxylation is 1. The Morgan fingerprint density at radius 2 is 2.03 bits per heavy atom. The number of nitrogens with zero attached hydrogens (tertiary/aromatic N) is 4. The van der Waals surface area contributed by atoms with Crippen molar-refractivity contribution < 1.29 is 0 Å². The molecule has 0 unspecified atom stereocenters. The van der Waals surface area contributed by atoms with Gasteiger partial charge >= 0.3 is 0 Å². The Morgan fingerprint density at radius 1 is 1.24 bits per heavy atom. The first-order valence-corrected chi connectivity index (χ1v) is 9.26. The normalized spacial score (nSPS) is 12.1. The van der Waals surface area contributed by atoms with E-state index in [0.29, 0.717) is 32.7 Å². The third-order valence-electron chi connectivity index (χ3n) is 4.85. The van der Waals surface area contributed by atoms with Crippen LogP contribution in [-0.4, -0.2) is 20.0 Å². The summed E-state index contributed by atoms with van der Waals surface area (Å²) < 4.78 is 1.71. The second-order valence-electron chi connectivity index (χ2n) is 6.77. The van der Waals surface area contributed by atoms with E-state index in [1.54, 1.807) is 29.1 Å². The number of rotatable bonds is 3. The number of fused-ring (bicyclic) bond motifs is 1. The number of para-hydroxylation sites is 1. The van der Waals surface area contributed by atoms with Crippen molar-refractivity contribution in [1.82, 2.24) is 20.0 Å². The van der Waals surface area contributed by atoms with Crippen LogP contribution in [0.4, 0.5) is 5.69 Å². The number of nitrogens with one attached hydrogen (secondary N) is 1. The van der Waals surface area contributed by atoms with E-state index in [1.807, 2.05) is 32.2 Å². The highest BCUT2D eigenvalue weighted by molar-refractivity contribution is 6.34. The zero-order valence-corrected chi connectivity index (χ0v) is 16.5. The first-order chi connectivity index (χ1) is 13.9. The first kappa shape index (κ1) is 18.9. The van der Waals surface area contributed by atoms with Gasteiger partial charge in [0.1, 0.15) is 0 Å². The second kappa shape index (κ2) is 7.17. The molecule has 0 amide bonds. The lowest BCUT2D eigenvalue weighted by atomic mass is 9.97. The maximum atomic E-state index is 12.2. The van der Waals surface area contributed by atoms with Gasteiger partial charge in [0, 0.05) is 34.6 Å². The zero-order chi connectivity index (χ0) is 20.7. The number of aromatic nitrogens is 4. The van der Waals surface area contributed by atoms with E-state index >= 15 is 0 Å². The molecule has 2 aromatic carbocycles. The number of halogens is 1. The van der Waals surface area contributed by atoms with Gasteiger partial charge in [0.15, 0.2) is 0 Å². The maximum absolute atomic E-state index is 12.2. The van der Waals surface area contributed by atoms with Crippen LogP contribution in [0.5, 0.6) is 0 Å². The van der Waals surface area contributed by atoms with Gasteiger partial charge in [-0.25, -0.2) is 9.94 Å². The van der Waals surface area contributed by atoms with E-state index < -0.39 is 0 Å². The van der Waals surface area contributed by atoms with E-state index in [0.717, 1.165) is 16.8 Å². The number of benzene rings is 2. The van der Waals surface area contributed by atoms with E-state index in [-0.39, 0.29) is 11.6 Å². The Kier molecular flexibility index (Phi) is 4.66. The molecule has 0 radical (unpaired) electrons. The average Bonchev–Trinajstić information content (AvgIpc) is 3.08. The summed E-state index contributed by atoms with van der Waals surface area (Å²) in [5.74, 6) is 0. The predicted octanol–water partition coefficient (Wildman–Crippen LogP) is 4.21. The molecule has 2 heterocycles. The molecule has 0 aliphatic carbocycles. The number of hydrogen-bond donors (Lipinski definition) is 2. The third kappa shape index (κ3) is 3.09. The van der Waals surface area contributed by atoms with Gasteiger partial charge in [0.05, 0.1) is 29.5 Å². The number of H-pyrrole nitrogens is 1. The van der Waals surface area contributed by atoms with E-state index in [2.05, 4.69) is 20.1 Å². The predicted molar refractivity (Wildman–Crippen MR) is 114 cm³/mol. The third-order valence-corrected chi connectivity index (χ3v) is 5.16. The Hall–Kier alpha value is -3.47. The van der Waals surface area contributed by atoms with Crippen LogP contribution in [0.3, 0.4) is 0 Å². The van der Waals surface area contributed by atoms with Gasteiger partial charge in [-0.2, -0.15) is 10.2 Å². The Morgan fingerprint density at radius 3 is 2.76 bits per heavy atom. The summed E-state index contributed by atoms with van der Waals surface area (Å²) in [7, 11) is 1.81. The van der Waals surface area contributed by atoms with Crippen LogP contribution in [-0.2, 0) is 7.05 Å². The molecule has 4 rings (SSSR count). The van der Waals surface area contributed by atoms with Gasteiger partial charge in [0.25, 0.3) is 5.56 Å². The number of hydrogen-bond acceptors (Lipinski definition) is 4. The van der Waals surface area contributed by atoms with Crippen LogP contribution >= 0.6 is 11.6 Å². The van der Waals surface area contributed by atoms with Crippen molar-refractivity contribution >= 4 is 28.1 Å². The molecule has 0 aliphatic heterocycles. The molecule has 3 N–H and O–H groups in total. The summed E-state index contributed by atoms with van der Waals surface area (Å²) in [6.07, 6.45) is 1.73. The van der Waals surface area contributed by atoms with Crippen LogP contribution in [0, 0.1) is 6.57 Å². The monoisotopic (exact) mass is 404 g/mol. The van der Waals surface area contributed by atoms with Gasteiger partial charge in [-0.3, -0.25) is 9.48 Å². The first-order valence-electron chi connectivity index (χ1n) is 8.89. The van der Waals surface area contributed by atoms with Crippen LogP contribution < -0.4 is 11.3 Å². The molecule has 29 heavy (non-hydrogen) atoms. The zero-order valence-electron chi connectivity index (χ0n) is 15.8. The van der Waals surface area contributed by atoms with E-state index in [9.17, 15) is 4.79 Å².